The first-order chi connectivity index (χ1) is 5.43. The Morgan fingerprint density at radius 2 is 2.09 bits per heavy atom. The van der Waals surface area contributed by atoms with Crippen molar-refractivity contribution in [2.45, 2.75) is 6.42 Å². The Hall–Kier alpha value is -0.880. The Morgan fingerprint density at radius 1 is 1.36 bits per heavy atom. The molecule has 1 aromatic heterocycles. The van der Waals surface area contributed by atoms with Gasteiger partial charge in [-0.05, 0) is 0 Å². The molecule has 0 aliphatic carbocycles. The molecule has 0 N–H and O–H groups in total. The van der Waals surface area contributed by atoms with Gasteiger partial charge in [0.15, 0.2) is 0 Å². The molecular formula is C8H7BrN2. The lowest BCUT2D eigenvalue weighted by molar-refractivity contribution is 1.15. The monoisotopic (exact) mass is 210 g/mol. The van der Waals surface area contributed by atoms with E-state index in [0.717, 1.165) is 17.3 Å². The van der Waals surface area contributed by atoms with Crippen LogP contribution in [0.2, 0.25) is 0 Å². The van der Waals surface area contributed by atoms with Crippen molar-refractivity contribution in [2.24, 2.45) is 0 Å². The summed E-state index contributed by atoms with van der Waals surface area (Å²) in [6.45, 7) is 0. The Balaban J connectivity index is 2.59. The fourth-order valence-corrected chi connectivity index (χ4v) is 0.774. The number of hydrogen-bond acceptors (Lipinski definition) is 2. The number of nitrogens with zero attached hydrogens (tertiary/aromatic N) is 2. The van der Waals surface area contributed by atoms with Crippen LogP contribution in [0.4, 0.5) is 0 Å². The summed E-state index contributed by atoms with van der Waals surface area (Å²) in [4.78, 5) is 7.68. The smallest absolute Gasteiger partial charge is 0.115 e. The van der Waals surface area contributed by atoms with E-state index >= 15 is 0 Å². The molecule has 0 atom stereocenters. The van der Waals surface area contributed by atoms with E-state index in [0.29, 0.717) is 0 Å². The minimum absolute atomic E-state index is 0.856. The van der Waals surface area contributed by atoms with Gasteiger partial charge in [-0.25, -0.2) is 9.97 Å². The molecule has 2 nitrogen and oxygen atoms in total. The van der Waals surface area contributed by atoms with Crippen LogP contribution in [0.5, 0.6) is 0 Å². The summed E-state index contributed by atoms with van der Waals surface area (Å²) in [7, 11) is 0. The van der Waals surface area contributed by atoms with Crippen LogP contribution in [-0.4, -0.2) is 15.3 Å². The SMILES string of the molecule is BrCCC#Cc1cncnc1. The summed E-state index contributed by atoms with van der Waals surface area (Å²) in [6, 6.07) is 0. The maximum atomic E-state index is 3.84. The van der Waals surface area contributed by atoms with Crippen LogP contribution >= 0.6 is 15.9 Å². The minimum Gasteiger partial charge on any atom is -0.244 e. The first-order valence-corrected chi connectivity index (χ1v) is 4.35. The first kappa shape index (κ1) is 8.22. The van der Waals surface area contributed by atoms with Gasteiger partial charge in [0, 0.05) is 24.1 Å². The maximum absolute atomic E-state index is 3.84. The highest BCUT2D eigenvalue weighted by atomic mass is 79.9. The van der Waals surface area contributed by atoms with Crippen molar-refractivity contribution in [3.05, 3.63) is 24.3 Å². The lowest BCUT2D eigenvalue weighted by Gasteiger charge is -1.83. The van der Waals surface area contributed by atoms with Gasteiger partial charge in [0.1, 0.15) is 6.33 Å². The first-order valence-electron chi connectivity index (χ1n) is 3.23. The van der Waals surface area contributed by atoms with Crippen molar-refractivity contribution in [3.8, 4) is 11.8 Å². The number of rotatable bonds is 1. The molecule has 1 heterocycles. The topological polar surface area (TPSA) is 25.8 Å². The number of hydrogen-bond donors (Lipinski definition) is 0. The molecule has 0 aliphatic rings. The summed E-state index contributed by atoms with van der Waals surface area (Å²) < 4.78 is 0. The highest BCUT2D eigenvalue weighted by Crippen LogP contribution is 1.90. The molecule has 0 saturated heterocycles. The number of aromatic nitrogens is 2. The van der Waals surface area contributed by atoms with Crippen molar-refractivity contribution in [1.29, 1.82) is 0 Å². The van der Waals surface area contributed by atoms with E-state index in [-0.39, 0.29) is 0 Å². The average molecular weight is 211 g/mol. The summed E-state index contributed by atoms with van der Waals surface area (Å²) in [5.74, 6) is 5.92. The third kappa shape index (κ3) is 3.15. The Morgan fingerprint density at radius 3 is 2.73 bits per heavy atom. The van der Waals surface area contributed by atoms with E-state index in [2.05, 4.69) is 37.7 Å². The number of alkyl halides is 1. The molecule has 0 radical (unpaired) electrons. The molecule has 56 valence electrons. The van der Waals surface area contributed by atoms with E-state index in [1.807, 2.05) is 0 Å². The lowest BCUT2D eigenvalue weighted by atomic mass is 10.3. The van der Waals surface area contributed by atoms with Gasteiger partial charge in [0.25, 0.3) is 0 Å². The molecule has 3 heteroatoms. The lowest BCUT2D eigenvalue weighted by Crippen LogP contribution is -1.79. The standard InChI is InChI=1S/C8H7BrN2/c9-4-2-1-3-8-5-10-7-11-6-8/h5-7H,2,4H2. The van der Waals surface area contributed by atoms with Crippen molar-refractivity contribution in [1.82, 2.24) is 9.97 Å². The molecular weight excluding hydrogens is 204 g/mol. The molecule has 1 aromatic rings. The van der Waals surface area contributed by atoms with Gasteiger partial charge in [0.05, 0.1) is 5.56 Å². The second-order valence-electron chi connectivity index (χ2n) is 1.87. The van der Waals surface area contributed by atoms with E-state index in [9.17, 15) is 0 Å². The van der Waals surface area contributed by atoms with E-state index in [1.165, 1.54) is 6.33 Å². The van der Waals surface area contributed by atoms with Crippen LogP contribution in [0.3, 0.4) is 0 Å². The quantitative estimate of drug-likeness (QED) is 0.521. The van der Waals surface area contributed by atoms with Gasteiger partial charge in [-0.2, -0.15) is 0 Å². The van der Waals surface area contributed by atoms with Crippen molar-refractivity contribution < 1.29 is 0 Å². The van der Waals surface area contributed by atoms with Gasteiger partial charge < -0.3 is 0 Å². The molecule has 0 unspecified atom stereocenters. The summed E-state index contributed by atoms with van der Waals surface area (Å²) >= 11 is 3.29. The third-order valence-electron chi connectivity index (χ3n) is 1.01. The van der Waals surface area contributed by atoms with Crippen LogP contribution < -0.4 is 0 Å². The summed E-state index contributed by atoms with van der Waals surface area (Å²) in [6.07, 6.45) is 5.76. The number of halogens is 1. The molecule has 0 aromatic carbocycles. The highest BCUT2D eigenvalue weighted by Gasteiger charge is 1.81. The normalized spacial score (nSPS) is 8.45. The van der Waals surface area contributed by atoms with Gasteiger partial charge in [-0.15, -0.1) is 0 Å². The zero-order valence-electron chi connectivity index (χ0n) is 5.92. The molecule has 1 rings (SSSR count). The molecule has 0 saturated carbocycles. The minimum atomic E-state index is 0.856. The van der Waals surface area contributed by atoms with E-state index < -0.39 is 0 Å². The highest BCUT2D eigenvalue weighted by molar-refractivity contribution is 9.09. The molecule has 0 spiro atoms. The fourth-order valence-electron chi connectivity index (χ4n) is 0.575. The predicted octanol–water partition coefficient (Wildman–Crippen LogP) is 1.61. The van der Waals surface area contributed by atoms with Crippen molar-refractivity contribution in [3.63, 3.8) is 0 Å². The third-order valence-corrected chi connectivity index (χ3v) is 1.41. The van der Waals surface area contributed by atoms with Crippen LogP contribution in [0, 0.1) is 11.8 Å². The molecule has 0 bridgehead atoms. The zero-order valence-corrected chi connectivity index (χ0v) is 7.50. The van der Waals surface area contributed by atoms with Gasteiger partial charge in [0.2, 0.25) is 0 Å². The predicted molar refractivity (Wildman–Crippen MR) is 47.3 cm³/mol. The molecule has 0 amide bonds. The molecule has 0 fully saturated rings. The molecule has 11 heavy (non-hydrogen) atoms. The van der Waals surface area contributed by atoms with Crippen molar-refractivity contribution >= 4 is 15.9 Å². The van der Waals surface area contributed by atoms with Gasteiger partial charge in [-0.1, -0.05) is 27.8 Å². The Labute approximate surface area is 74.2 Å². The second kappa shape index (κ2) is 4.86. The summed E-state index contributed by atoms with van der Waals surface area (Å²) in [5, 5.41) is 0.910. The van der Waals surface area contributed by atoms with Gasteiger partial charge >= 0.3 is 0 Å². The van der Waals surface area contributed by atoms with Crippen molar-refractivity contribution in [2.75, 3.05) is 5.33 Å². The van der Waals surface area contributed by atoms with Crippen LogP contribution in [-0.2, 0) is 0 Å². The Kier molecular flexibility index (Phi) is 3.63. The second-order valence-corrected chi connectivity index (χ2v) is 2.66. The summed E-state index contributed by atoms with van der Waals surface area (Å²) in [5.41, 5.74) is 0.869. The van der Waals surface area contributed by atoms with E-state index in [1.54, 1.807) is 12.4 Å². The fraction of sp³-hybridized carbons (Fsp3) is 0.250. The maximum Gasteiger partial charge on any atom is 0.115 e. The van der Waals surface area contributed by atoms with Gasteiger partial charge in [-0.3, -0.25) is 0 Å². The van der Waals surface area contributed by atoms with Crippen LogP contribution in [0.25, 0.3) is 0 Å². The molecule has 0 aliphatic heterocycles. The average Bonchev–Trinajstić information content (AvgIpc) is 2.07. The van der Waals surface area contributed by atoms with Crippen LogP contribution in [0.15, 0.2) is 18.7 Å². The Bertz CT molecular complexity index is 260. The zero-order chi connectivity index (χ0) is 7.94. The largest absolute Gasteiger partial charge is 0.244 e. The van der Waals surface area contributed by atoms with E-state index in [4.69, 9.17) is 0 Å². The van der Waals surface area contributed by atoms with Crippen LogP contribution in [0.1, 0.15) is 12.0 Å².